The van der Waals surface area contributed by atoms with Crippen LogP contribution in [0.2, 0.25) is 0 Å². The highest BCUT2D eigenvalue weighted by Gasteiger charge is 2.17. The van der Waals surface area contributed by atoms with E-state index in [0.717, 1.165) is 23.5 Å². The lowest BCUT2D eigenvalue weighted by atomic mass is 10.1. The van der Waals surface area contributed by atoms with Crippen LogP contribution < -0.4 is 0 Å². The second-order valence-corrected chi connectivity index (χ2v) is 7.08. The lowest BCUT2D eigenvalue weighted by Crippen LogP contribution is -2.11. The first-order valence-electron chi connectivity index (χ1n) is 9.10. The van der Waals surface area contributed by atoms with Gasteiger partial charge in [-0.2, -0.15) is 10.1 Å². The van der Waals surface area contributed by atoms with Crippen LogP contribution in [-0.4, -0.2) is 25.9 Å². The van der Waals surface area contributed by atoms with Crippen molar-refractivity contribution in [3.63, 3.8) is 0 Å². The molecule has 1 aromatic carbocycles. The summed E-state index contributed by atoms with van der Waals surface area (Å²) in [5.41, 5.74) is 3.29. The third-order valence-corrected chi connectivity index (χ3v) is 4.32. The smallest absolute Gasteiger partial charge is 0.310 e. The molecule has 0 saturated heterocycles. The Morgan fingerprint density at radius 3 is 2.64 bits per heavy atom. The molecule has 0 unspecified atom stereocenters. The Hall–Kier alpha value is -3.03. The van der Waals surface area contributed by atoms with E-state index in [-0.39, 0.29) is 24.7 Å². The van der Waals surface area contributed by atoms with Crippen molar-refractivity contribution in [3.8, 4) is 11.4 Å². The molecule has 0 aliphatic carbocycles. The van der Waals surface area contributed by atoms with Gasteiger partial charge in [0.2, 0.25) is 5.82 Å². The number of carbonyl (C=O) groups excluding carboxylic acids is 1. The standard InChI is InChI=1S/C20H23FN4O3/c1-12(2)10-25-14(4)17(13(3)23-25)9-19(26)27-11-18-22-20(24-28-18)15-5-7-16(21)8-6-15/h5-8,12H,9-11H2,1-4H3. The summed E-state index contributed by atoms with van der Waals surface area (Å²) in [7, 11) is 0. The quantitative estimate of drug-likeness (QED) is 0.577. The maximum absolute atomic E-state index is 13.0. The molecule has 3 aromatic rings. The molecular weight excluding hydrogens is 363 g/mol. The number of hydrogen-bond acceptors (Lipinski definition) is 6. The number of carbonyl (C=O) groups is 1. The Kier molecular flexibility index (Phi) is 5.87. The van der Waals surface area contributed by atoms with E-state index >= 15 is 0 Å². The molecule has 0 aliphatic heterocycles. The predicted octanol–water partition coefficient (Wildman–Crippen LogP) is 3.63. The minimum atomic E-state index is -0.392. The molecule has 0 fully saturated rings. The summed E-state index contributed by atoms with van der Waals surface area (Å²) in [6.07, 6.45) is 0.134. The van der Waals surface area contributed by atoms with Gasteiger partial charge in [-0.15, -0.1) is 0 Å². The minimum absolute atomic E-state index is 0.120. The van der Waals surface area contributed by atoms with Crippen LogP contribution in [0.25, 0.3) is 11.4 Å². The molecule has 2 aromatic heterocycles. The van der Waals surface area contributed by atoms with E-state index in [2.05, 4.69) is 29.1 Å². The average Bonchev–Trinajstić information content (AvgIpc) is 3.21. The highest BCUT2D eigenvalue weighted by atomic mass is 19.1. The number of nitrogens with zero attached hydrogens (tertiary/aromatic N) is 4. The van der Waals surface area contributed by atoms with Gasteiger partial charge in [-0.1, -0.05) is 19.0 Å². The van der Waals surface area contributed by atoms with Crippen molar-refractivity contribution in [3.05, 3.63) is 52.9 Å². The molecule has 0 spiro atoms. The lowest BCUT2D eigenvalue weighted by molar-refractivity contribution is -0.144. The Labute approximate surface area is 162 Å². The molecule has 0 radical (unpaired) electrons. The van der Waals surface area contributed by atoms with Crippen LogP contribution in [0.4, 0.5) is 4.39 Å². The van der Waals surface area contributed by atoms with Crippen LogP contribution in [0, 0.1) is 25.6 Å². The van der Waals surface area contributed by atoms with E-state index in [1.165, 1.54) is 12.1 Å². The minimum Gasteiger partial charge on any atom is -0.455 e. The molecule has 0 bridgehead atoms. The van der Waals surface area contributed by atoms with Gasteiger partial charge in [0.05, 0.1) is 12.1 Å². The Morgan fingerprint density at radius 2 is 1.96 bits per heavy atom. The van der Waals surface area contributed by atoms with Gasteiger partial charge in [-0.25, -0.2) is 4.39 Å². The second-order valence-electron chi connectivity index (χ2n) is 7.08. The first-order valence-corrected chi connectivity index (χ1v) is 9.10. The average molecular weight is 386 g/mol. The van der Waals surface area contributed by atoms with Crippen LogP contribution in [-0.2, 0) is 29.1 Å². The van der Waals surface area contributed by atoms with Gasteiger partial charge in [-0.05, 0) is 44.0 Å². The van der Waals surface area contributed by atoms with Crippen molar-refractivity contribution in [2.45, 2.75) is 47.3 Å². The first kappa shape index (κ1) is 19.7. The van der Waals surface area contributed by atoms with Crippen molar-refractivity contribution in [1.82, 2.24) is 19.9 Å². The molecule has 0 aliphatic rings. The number of halogens is 1. The maximum atomic E-state index is 13.0. The third-order valence-electron chi connectivity index (χ3n) is 4.32. The van der Waals surface area contributed by atoms with Gasteiger partial charge in [0, 0.05) is 23.4 Å². The van der Waals surface area contributed by atoms with Gasteiger partial charge in [0.15, 0.2) is 6.61 Å². The Morgan fingerprint density at radius 1 is 1.25 bits per heavy atom. The van der Waals surface area contributed by atoms with Crippen molar-refractivity contribution in [1.29, 1.82) is 0 Å². The molecule has 0 saturated carbocycles. The highest BCUT2D eigenvalue weighted by molar-refractivity contribution is 5.73. The number of hydrogen-bond donors (Lipinski definition) is 0. The maximum Gasteiger partial charge on any atom is 0.310 e. The molecule has 0 atom stereocenters. The summed E-state index contributed by atoms with van der Waals surface area (Å²) < 4.78 is 25.3. The fourth-order valence-corrected chi connectivity index (χ4v) is 2.88. The van der Waals surface area contributed by atoms with Crippen molar-refractivity contribution in [2.24, 2.45) is 5.92 Å². The van der Waals surface area contributed by atoms with Gasteiger partial charge in [0.1, 0.15) is 5.82 Å². The molecule has 7 nitrogen and oxygen atoms in total. The summed E-state index contributed by atoms with van der Waals surface area (Å²) >= 11 is 0. The largest absolute Gasteiger partial charge is 0.455 e. The molecule has 2 heterocycles. The van der Waals surface area contributed by atoms with Crippen molar-refractivity contribution >= 4 is 5.97 Å². The first-order chi connectivity index (χ1) is 13.3. The molecule has 8 heteroatoms. The number of aryl methyl sites for hydroxylation is 1. The molecule has 3 rings (SSSR count). The second kappa shape index (κ2) is 8.33. The molecule has 0 amide bonds. The zero-order valence-corrected chi connectivity index (χ0v) is 16.4. The topological polar surface area (TPSA) is 83.0 Å². The lowest BCUT2D eigenvalue weighted by Gasteiger charge is -2.08. The predicted molar refractivity (Wildman–Crippen MR) is 99.7 cm³/mol. The Bertz CT molecular complexity index is 960. The zero-order valence-electron chi connectivity index (χ0n) is 16.4. The normalized spacial score (nSPS) is 11.2. The monoisotopic (exact) mass is 386 g/mol. The fraction of sp³-hybridized carbons (Fsp3) is 0.400. The van der Waals surface area contributed by atoms with Crippen molar-refractivity contribution < 1.29 is 18.4 Å². The number of esters is 1. The third kappa shape index (κ3) is 4.62. The number of benzene rings is 1. The van der Waals surface area contributed by atoms with E-state index in [4.69, 9.17) is 9.26 Å². The van der Waals surface area contributed by atoms with E-state index in [0.29, 0.717) is 17.3 Å². The van der Waals surface area contributed by atoms with E-state index in [9.17, 15) is 9.18 Å². The SMILES string of the molecule is Cc1nn(CC(C)C)c(C)c1CC(=O)OCc1nc(-c2ccc(F)cc2)no1. The van der Waals surface area contributed by atoms with Gasteiger partial charge in [-0.3, -0.25) is 9.48 Å². The van der Waals surface area contributed by atoms with Crippen molar-refractivity contribution in [2.75, 3.05) is 0 Å². The number of aromatic nitrogens is 4. The molecule has 0 N–H and O–H groups in total. The van der Waals surface area contributed by atoms with Crippen LogP contribution >= 0.6 is 0 Å². The zero-order chi connectivity index (χ0) is 20.3. The van der Waals surface area contributed by atoms with E-state index in [1.807, 2.05) is 18.5 Å². The summed E-state index contributed by atoms with van der Waals surface area (Å²) in [6.45, 7) is 8.77. The molecule has 28 heavy (non-hydrogen) atoms. The van der Waals surface area contributed by atoms with Crippen LogP contribution in [0.15, 0.2) is 28.8 Å². The summed E-state index contributed by atoms with van der Waals surface area (Å²) in [6, 6.07) is 5.73. The van der Waals surface area contributed by atoms with Crippen LogP contribution in [0.1, 0.15) is 36.7 Å². The van der Waals surface area contributed by atoms with Crippen LogP contribution in [0.3, 0.4) is 0 Å². The highest BCUT2D eigenvalue weighted by Crippen LogP contribution is 2.18. The number of rotatable bonds is 7. The van der Waals surface area contributed by atoms with E-state index in [1.54, 1.807) is 12.1 Å². The van der Waals surface area contributed by atoms with Crippen LogP contribution in [0.5, 0.6) is 0 Å². The Balaban J connectivity index is 1.59. The fourth-order valence-electron chi connectivity index (χ4n) is 2.88. The summed E-state index contributed by atoms with van der Waals surface area (Å²) in [5, 5.41) is 8.33. The molecule has 148 valence electrons. The number of ether oxygens (including phenoxy) is 1. The van der Waals surface area contributed by atoms with Gasteiger partial charge < -0.3 is 9.26 Å². The summed E-state index contributed by atoms with van der Waals surface area (Å²) in [5.74, 6) is 0.218. The summed E-state index contributed by atoms with van der Waals surface area (Å²) in [4.78, 5) is 16.4. The van der Waals surface area contributed by atoms with Gasteiger partial charge in [0.25, 0.3) is 5.89 Å². The van der Waals surface area contributed by atoms with Gasteiger partial charge >= 0.3 is 5.97 Å². The van der Waals surface area contributed by atoms with E-state index < -0.39 is 5.97 Å². The molecular formula is C20H23FN4O3.